The van der Waals surface area contributed by atoms with Crippen molar-refractivity contribution >= 4 is 0 Å². The van der Waals surface area contributed by atoms with Crippen LogP contribution in [0.2, 0.25) is 0 Å². The van der Waals surface area contributed by atoms with E-state index in [0.29, 0.717) is 23.6 Å². The fourth-order valence-corrected chi connectivity index (χ4v) is 2.96. The SMILES string of the molecule is CC1CC(C)CC(n2cnc(C#N)c2C#N)C1. The summed E-state index contributed by atoms with van der Waals surface area (Å²) < 4.78 is 1.89. The summed E-state index contributed by atoms with van der Waals surface area (Å²) in [6.45, 7) is 4.49. The number of hydrogen-bond donors (Lipinski definition) is 0. The van der Waals surface area contributed by atoms with Crippen LogP contribution in [-0.4, -0.2) is 9.55 Å². The summed E-state index contributed by atoms with van der Waals surface area (Å²) in [5.74, 6) is 1.34. The van der Waals surface area contributed by atoms with Gasteiger partial charge in [-0.05, 0) is 31.1 Å². The second kappa shape index (κ2) is 4.59. The van der Waals surface area contributed by atoms with Crippen LogP contribution in [0, 0.1) is 34.5 Å². The molecule has 0 aliphatic heterocycles. The summed E-state index contributed by atoms with van der Waals surface area (Å²) in [7, 11) is 0. The van der Waals surface area contributed by atoms with Crippen molar-refractivity contribution in [3.05, 3.63) is 17.7 Å². The fourth-order valence-electron chi connectivity index (χ4n) is 2.96. The summed E-state index contributed by atoms with van der Waals surface area (Å²) in [5, 5.41) is 18.0. The van der Waals surface area contributed by atoms with Crippen LogP contribution in [0.1, 0.15) is 50.5 Å². The highest BCUT2D eigenvalue weighted by atomic mass is 15.1. The fraction of sp³-hybridized carbons (Fsp3) is 0.615. The van der Waals surface area contributed by atoms with Gasteiger partial charge in [-0.15, -0.1) is 0 Å². The minimum absolute atomic E-state index is 0.248. The Hall–Kier alpha value is -1.81. The first kappa shape index (κ1) is 11.7. The molecular weight excluding hydrogens is 212 g/mol. The van der Waals surface area contributed by atoms with Gasteiger partial charge in [0.15, 0.2) is 11.4 Å². The molecule has 2 rings (SSSR count). The maximum Gasteiger partial charge on any atom is 0.176 e. The van der Waals surface area contributed by atoms with E-state index in [4.69, 9.17) is 10.5 Å². The maximum atomic E-state index is 9.12. The van der Waals surface area contributed by atoms with Crippen molar-refractivity contribution in [3.8, 4) is 12.1 Å². The summed E-state index contributed by atoms with van der Waals surface area (Å²) in [4.78, 5) is 4.01. The quantitative estimate of drug-likeness (QED) is 0.742. The maximum absolute atomic E-state index is 9.12. The molecular formula is C13H16N4. The minimum Gasteiger partial charge on any atom is -0.318 e. The van der Waals surface area contributed by atoms with Gasteiger partial charge >= 0.3 is 0 Å². The average molecular weight is 228 g/mol. The first-order valence-electron chi connectivity index (χ1n) is 6.02. The second-order valence-corrected chi connectivity index (χ2v) is 5.14. The molecule has 0 radical (unpaired) electrons. The minimum atomic E-state index is 0.248. The molecule has 1 aliphatic rings. The molecule has 0 saturated heterocycles. The van der Waals surface area contributed by atoms with Gasteiger partial charge in [0.05, 0.1) is 6.33 Å². The van der Waals surface area contributed by atoms with Crippen LogP contribution in [0.4, 0.5) is 0 Å². The number of imidazole rings is 1. The Morgan fingerprint density at radius 2 is 1.82 bits per heavy atom. The molecule has 4 heteroatoms. The molecule has 17 heavy (non-hydrogen) atoms. The summed E-state index contributed by atoms with van der Waals surface area (Å²) >= 11 is 0. The van der Waals surface area contributed by atoms with Gasteiger partial charge in [0, 0.05) is 6.04 Å². The third-order valence-corrected chi connectivity index (χ3v) is 3.55. The lowest BCUT2D eigenvalue weighted by Gasteiger charge is -2.32. The van der Waals surface area contributed by atoms with Crippen LogP contribution in [0.5, 0.6) is 0 Å². The third-order valence-electron chi connectivity index (χ3n) is 3.55. The molecule has 1 aromatic rings. The van der Waals surface area contributed by atoms with Crippen molar-refractivity contribution < 1.29 is 0 Å². The zero-order valence-corrected chi connectivity index (χ0v) is 10.2. The van der Waals surface area contributed by atoms with Crippen molar-refractivity contribution in [3.63, 3.8) is 0 Å². The number of aromatic nitrogens is 2. The van der Waals surface area contributed by atoms with E-state index in [-0.39, 0.29) is 5.69 Å². The molecule has 1 saturated carbocycles. The highest BCUT2D eigenvalue weighted by Crippen LogP contribution is 2.36. The Bertz CT molecular complexity index is 478. The standard InChI is InChI=1S/C13H16N4/c1-9-3-10(2)5-11(4-9)17-8-16-12(6-14)13(17)7-15/h8-11H,3-5H2,1-2H3. The lowest BCUT2D eigenvalue weighted by Crippen LogP contribution is -2.23. The van der Waals surface area contributed by atoms with Crippen molar-refractivity contribution in [2.45, 2.75) is 39.2 Å². The van der Waals surface area contributed by atoms with E-state index in [0.717, 1.165) is 12.8 Å². The normalized spacial score (nSPS) is 28.4. The molecule has 0 spiro atoms. The van der Waals surface area contributed by atoms with Crippen molar-refractivity contribution in [1.82, 2.24) is 9.55 Å². The third kappa shape index (κ3) is 2.17. The molecule has 2 unspecified atom stereocenters. The van der Waals surface area contributed by atoms with E-state index in [1.165, 1.54) is 6.42 Å². The Morgan fingerprint density at radius 3 is 2.35 bits per heavy atom. The van der Waals surface area contributed by atoms with Crippen LogP contribution in [0.15, 0.2) is 6.33 Å². The lowest BCUT2D eigenvalue weighted by atomic mass is 9.80. The topological polar surface area (TPSA) is 65.4 Å². The van der Waals surface area contributed by atoms with E-state index in [2.05, 4.69) is 24.9 Å². The molecule has 0 bridgehead atoms. The Kier molecular flexibility index (Phi) is 3.15. The largest absolute Gasteiger partial charge is 0.318 e. The highest BCUT2D eigenvalue weighted by Gasteiger charge is 2.27. The van der Waals surface area contributed by atoms with Gasteiger partial charge in [0.25, 0.3) is 0 Å². The highest BCUT2D eigenvalue weighted by molar-refractivity contribution is 5.36. The van der Waals surface area contributed by atoms with Crippen LogP contribution in [0.3, 0.4) is 0 Å². The van der Waals surface area contributed by atoms with Gasteiger partial charge < -0.3 is 4.57 Å². The van der Waals surface area contributed by atoms with Crippen LogP contribution < -0.4 is 0 Å². The Morgan fingerprint density at radius 1 is 1.18 bits per heavy atom. The van der Waals surface area contributed by atoms with E-state index in [9.17, 15) is 0 Å². The molecule has 1 heterocycles. The number of nitrogens with zero attached hydrogens (tertiary/aromatic N) is 4. The zero-order chi connectivity index (χ0) is 12.4. The van der Waals surface area contributed by atoms with E-state index in [1.54, 1.807) is 6.33 Å². The first-order chi connectivity index (χ1) is 8.15. The molecule has 2 atom stereocenters. The average Bonchev–Trinajstić information content (AvgIpc) is 2.70. The predicted molar refractivity (Wildman–Crippen MR) is 62.9 cm³/mol. The van der Waals surface area contributed by atoms with Gasteiger partial charge in [-0.1, -0.05) is 13.8 Å². The van der Waals surface area contributed by atoms with Gasteiger partial charge in [-0.3, -0.25) is 0 Å². The summed E-state index contributed by atoms with van der Waals surface area (Å²) in [5.41, 5.74) is 0.664. The smallest absolute Gasteiger partial charge is 0.176 e. The molecule has 4 nitrogen and oxygen atoms in total. The van der Waals surface area contributed by atoms with Gasteiger partial charge in [-0.2, -0.15) is 10.5 Å². The summed E-state index contributed by atoms with van der Waals surface area (Å²) in [6.07, 6.45) is 5.03. The van der Waals surface area contributed by atoms with E-state index in [1.807, 2.05) is 10.6 Å². The molecule has 1 fully saturated rings. The molecule has 88 valence electrons. The van der Waals surface area contributed by atoms with E-state index < -0.39 is 0 Å². The van der Waals surface area contributed by atoms with Crippen molar-refractivity contribution in [2.75, 3.05) is 0 Å². The van der Waals surface area contributed by atoms with Gasteiger partial charge in [0.1, 0.15) is 12.1 Å². The monoisotopic (exact) mass is 228 g/mol. The van der Waals surface area contributed by atoms with Gasteiger partial charge in [0.2, 0.25) is 0 Å². The lowest BCUT2D eigenvalue weighted by molar-refractivity contribution is 0.220. The van der Waals surface area contributed by atoms with Crippen LogP contribution in [0.25, 0.3) is 0 Å². The zero-order valence-electron chi connectivity index (χ0n) is 10.2. The van der Waals surface area contributed by atoms with Crippen molar-refractivity contribution in [2.24, 2.45) is 11.8 Å². The number of rotatable bonds is 1. The second-order valence-electron chi connectivity index (χ2n) is 5.14. The molecule has 0 amide bonds. The molecule has 1 aromatic heterocycles. The number of hydrogen-bond acceptors (Lipinski definition) is 3. The van der Waals surface area contributed by atoms with Crippen LogP contribution >= 0.6 is 0 Å². The number of nitriles is 2. The van der Waals surface area contributed by atoms with Crippen molar-refractivity contribution in [1.29, 1.82) is 10.5 Å². The Labute approximate surface area is 101 Å². The Balaban J connectivity index is 2.32. The molecule has 1 aliphatic carbocycles. The van der Waals surface area contributed by atoms with E-state index >= 15 is 0 Å². The van der Waals surface area contributed by atoms with Gasteiger partial charge in [-0.25, -0.2) is 4.98 Å². The first-order valence-corrected chi connectivity index (χ1v) is 6.02. The van der Waals surface area contributed by atoms with Crippen LogP contribution in [-0.2, 0) is 0 Å². The predicted octanol–water partition coefficient (Wildman–Crippen LogP) is 2.62. The molecule has 0 N–H and O–H groups in total. The molecule has 0 aromatic carbocycles. The summed E-state index contributed by atoms with van der Waals surface area (Å²) in [6, 6.07) is 4.39.